The van der Waals surface area contributed by atoms with Gasteiger partial charge >= 0.3 is 0 Å². The summed E-state index contributed by atoms with van der Waals surface area (Å²) >= 11 is 1.60. The standard InChI is InChI=1S/C21H22N4O2S/c26-21(24-11-4-8-17-15(14-24)10-12-27-17)19-22-20(18-9-5-13-28-18)25(23-19)16-6-2-1-3-7-16/h1-3,5-7,9,13,15,17H,4,8,10-12,14H2/t15-,17+/m1/s1. The number of para-hydroxylation sites is 1. The van der Waals surface area contributed by atoms with E-state index in [1.807, 2.05) is 52.7 Å². The van der Waals surface area contributed by atoms with Gasteiger partial charge < -0.3 is 9.64 Å². The molecule has 0 aliphatic carbocycles. The maximum Gasteiger partial charge on any atom is 0.293 e. The summed E-state index contributed by atoms with van der Waals surface area (Å²) in [5, 5.41) is 6.63. The molecule has 2 saturated heterocycles. The molecule has 0 bridgehead atoms. The summed E-state index contributed by atoms with van der Waals surface area (Å²) in [5.74, 6) is 1.32. The Balaban J connectivity index is 1.49. The number of fused-ring (bicyclic) bond motifs is 1. The molecule has 144 valence electrons. The SMILES string of the molecule is O=C(c1nc(-c2cccs2)n(-c2ccccc2)n1)N1CCC[C@@H]2OCC[C@@H]2C1. The van der Waals surface area contributed by atoms with Crippen molar-refractivity contribution in [3.05, 3.63) is 53.7 Å². The summed E-state index contributed by atoms with van der Waals surface area (Å²) in [5.41, 5.74) is 0.901. The van der Waals surface area contributed by atoms with Crippen molar-refractivity contribution in [1.29, 1.82) is 0 Å². The molecule has 2 aromatic heterocycles. The van der Waals surface area contributed by atoms with Crippen molar-refractivity contribution < 1.29 is 9.53 Å². The van der Waals surface area contributed by atoms with Gasteiger partial charge in [-0.3, -0.25) is 4.79 Å². The van der Waals surface area contributed by atoms with E-state index >= 15 is 0 Å². The predicted octanol–water partition coefficient (Wildman–Crippen LogP) is 3.64. The van der Waals surface area contributed by atoms with E-state index in [4.69, 9.17) is 4.74 Å². The fraction of sp³-hybridized carbons (Fsp3) is 0.381. The lowest BCUT2D eigenvalue weighted by atomic mass is 9.99. The Morgan fingerprint density at radius 3 is 2.86 bits per heavy atom. The molecule has 0 N–H and O–H groups in total. The summed E-state index contributed by atoms with van der Waals surface area (Å²) in [6, 6.07) is 13.8. The number of benzene rings is 1. The molecule has 5 rings (SSSR count). The lowest BCUT2D eigenvalue weighted by Gasteiger charge is -2.22. The molecular weight excluding hydrogens is 372 g/mol. The second kappa shape index (κ2) is 7.48. The molecule has 4 heterocycles. The number of ether oxygens (including phenoxy) is 1. The van der Waals surface area contributed by atoms with Crippen LogP contribution >= 0.6 is 11.3 Å². The first-order valence-electron chi connectivity index (χ1n) is 9.77. The van der Waals surface area contributed by atoms with E-state index < -0.39 is 0 Å². The minimum Gasteiger partial charge on any atom is -0.378 e. The Morgan fingerprint density at radius 2 is 2.04 bits per heavy atom. The quantitative estimate of drug-likeness (QED) is 0.681. The topological polar surface area (TPSA) is 60.2 Å². The predicted molar refractivity (Wildman–Crippen MR) is 108 cm³/mol. The van der Waals surface area contributed by atoms with Crippen LogP contribution in [0.25, 0.3) is 16.4 Å². The number of hydrogen-bond donors (Lipinski definition) is 0. The Bertz CT molecular complexity index is 954. The zero-order chi connectivity index (χ0) is 18.9. The van der Waals surface area contributed by atoms with Crippen molar-refractivity contribution in [3.63, 3.8) is 0 Å². The number of nitrogens with zero attached hydrogens (tertiary/aromatic N) is 4. The second-order valence-corrected chi connectivity index (χ2v) is 8.28. The van der Waals surface area contributed by atoms with Gasteiger partial charge in [0.1, 0.15) is 0 Å². The van der Waals surface area contributed by atoms with Crippen molar-refractivity contribution in [1.82, 2.24) is 19.7 Å². The van der Waals surface area contributed by atoms with Gasteiger partial charge in [-0.2, -0.15) is 0 Å². The van der Waals surface area contributed by atoms with E-state index in [9.17, 15) is 4.79 Å². The van der Waals surface area contributed by atoms with Crippen LogP contribution in [0.3, 0.4) is 0 Å². The lowest BCUT2D eigenvalue weighted by molar-refractivity contribution is 0.0693. The highest BCUT2D eigenvalue weighted by Gasteiger charge is 2.35. The third-order valence-electron chi connectivity index (χ3n) is 5.55. The highest BCUT2D eigenvalue weighted by atomic mass is 32.1. The molecule has 0 spiro atoms. The van der Waals surface area contributed by atoms with Crippen LogP contribution in [0.15, 0.2) is 47.8 Å². The number of rotatable bonds is 3. The summed E-state index contributed by atoms with van der Waals surface area (Å²) < 4.78 is 7.60. The van der Waals surface area contributed by atoms with Crippen molar-refractivity contribution >= 4 is 17.2 Å². The zero-order valence-corrected chi connectivity index (χ0v) is 16.3. The van der Waals surface area contributed by atoms with Gasteiger partial charge in [0.15, 0.2) is 5.82 Å². The first kappa shape index (κ1) is 17.6. The molecule has 1 amide bonds. The molecule has 0 radical (unpaired) electrons. The molecular formula is C21H22N4O2S. The first-order chi connectivity index (χ1) is 13.8. The number of carbonyl (C=O) groups excluding carboxylic acids is 1. The fourth-order valence-corrected chi connectivity index (χ4v) is 4.82. The fourth-order valence-electron chi connectivity index (χ4n) is 4.12. The van der Waals surface area contributed by atoms with Crippen LogP contribution < -0.4 is 0 Å². The average molecular weight is 395 g/mol. The van der Waals surface area contributed by atoms with Crippen LogP contribution in [-0.4, -0.2) is 51.4 Å². The Labute approximate surface area is 167 Å². The van der Waals surface area contributed by atoms with Crippen molar-refractivity contribution in [2.75, 3.05) is 19.7 Å². The largest absolute Gasteiger partial charge is 0.378 e. The minimum absolute atomic E-state index is 0.0833. The van der Waals surface area contributed by atoms with Gasteiger partial charge in [-0.1, -0.05) is 24.3 Å². The molecule has 0 saturated carbocycles. The van der Waals surface area contributed by atoms with Crippen LogP contribution in [0.5, 0.6) is 0 Å². The summed E-state index contributed by atoms with van der Waals surface area (Å²) in [6.45, 7) is 2.28. The number of carbonyl (C=O) groups is 1. The molecule has 6 nitrogen and oxygen atoms in total. The van der Waals surface area contributed by atoms with Gasteiger partial charge in [0.05, 0.1) is 16.7 Å². The minimum atomic E-state index is -0.0833. The number of likely N-dealkylation sites (tertiary alicyclic amines) is 1. The number of thiophene rings is 1. The summed E-state index contributed by atoms with van der Waals surface area (Å²) in [6.07, 6.45) is 3.32. The second-order valence-electron chi connectivity index (χ2n) is 7.34. The molecule has 2 atom stereocenters. The molecule has 0 unspecified atom stereocenters. The van der Waals surface area contributed by atoms with E-state index in [-0.39, 0.29) is 11.7 Å². The Hall–Kier alpha value is -2.51. The van der Waals surface area contributed by atoms with Crippen LogP contribution in [0, 0.1) is 5.92 Å². The Morgan fingerprint density at radius 1 is 1.14 bits per heavy atom. The van der Waals surface area contributed by atoms with Crippen molar-refractivity contribution in [3.8, 4) is 16.4 Å². The zero-order valence-electron chi connectivity index (χ0n) is 15.5. The number of hydrogen-bond acceptors (Lipinski definition) is 5. The molecule has 1 aromatic carbocycles. The molecule has 2 fully saturated rings. The molecule has 2 aliphatic rings. The smallest absolute Gasteiger partial charge is 0.293 e. The van der Waals surface area contributed by atoms with Crippen LogP contribution in [0.1, 0.15) is 29.9 Å². The highest BCUT2D eigenvalue weighted by Crippen LogP contribution is 2.30. The number of aromatic nitrogens is 3. The monoisotopic (exact) mass is 394 g/mol. The lowest BCUT2D eigenvalue weighted by Crippen LogP contribution is -2.36. The van der Waals surface area contributed by atoms with E-state index in [2.05, 4.69) is 10.1 Å². The average Bonchev–Trinajstić information content (AvgIpc) is 3.46. The molecule has 2 aliphatic heterocycles. The van der Waals surface area contributed by atoms with Crippen molar-refractivity contribution in [2.24, 2.45) is 5.92 Å². The normalized spacial score (nSPS) is 22.1. The van der Waals surface area contributed by atoms with Gasteiger partial charge in [-0.05, 0) is 42.8 Å². The van der Waals surface area contributed by atoms with Gasteiger partial charge in [-0.15, -0.1) is 16.4 Å². The third kappa shape index (κ3) is 3.25. The van der Waals surface area contributed by atoms with E-state index in [0.29, 0.717) is 17.8 Å². The maximum atomic E-state index is 13.3. The molecule has 3 aromatic rings. The maximum absolute atomic E-state index is 13.3. The van der Waals surface area contributed by atoms with Gasteiger partial charge in [-0.25, -0.2) is 9.67 Å². The van der Waals surface area contributed by atoms with Crippen LogP contribution in [0.2, 0.25) is 0 Å². The Kier molecular flexibility index (Phi) is 4.70. The third-order valence-corrected chi connectivity index (χ3v) is 6.41. The highest BCUT2D eigenvalue weighted by molar-refractivity contribution is 7.13. The first-order valence-corrected chi connectivity index (χ1v) is 10.6. The van der Waals surface area contributed by atoms with E-state index in [0.717, 1.165) is 49.5 Å². The van der Waals surface area contributed by atoms with Gasteiger partial charge in [0.2, 0.25) is 5.82 Å². The van der Waals surface area contributed by atoms with Crippen LogP contribution in [-0.2, 0) is 4.74 Å². The number of amides is 1. The van der Waals surface area contributed by atoms with Crippen molar-refractivity contribution in [2.45, 2.75) is 25.4 Å². The molecule has 7 heteroatoms. The van der Waals surface area contributed by atoms with Gasteiger partial charge in [0, 0.05) is 25.6 Å². The summed E-state index contributed by atoms with van der Waals surface area (Å²) in [4.78, 5) is 20.8. The van der Waals surface area contributed by atoms with E-state index in [1.54, 1.807) is 16.0 Å². The van der Waals surface area contributed by atoms with Crippen LogP contribution in [0.4, 0.5) is 0 Å². The molecule has 28 heavy (non-hydrogen) atoms. The summed E-state index contributed by atoms with van der Waals surface area (Å²) in [7, 11) is 0. The van der Waals surface area contributed by atoms with E-state index in [1.165, 1.54) is 0 Å². The van der Waals surface area contributed by atoms with Gasteiger partial charge in [0.25, 0.3) is 5.91 Å².